The van der Waals surface area contributed by atoms with Gasteiger partial charge in [0.1, 0.15) is 6.04 Å². The Morgan fingerprint density at radius 1 is 1.71 bits per heavy atom. The van der Waals surface area contributed by atoms with Crippen molar-refractivity contribution in [3.8, 4) is 0 Å². The Balaban J connectivity index is 2.12. The van der Waals surface area contributed by atoms with Crippen molar-refractivity contribution in [2.24, 2.45) is 0 Å². The van der Waals surface area contributed by atoms with E-state index in [9.17, 15) is 4.79 Å². The lowest BCUT2D eigenvalue weighted by molar-refractivity contribution is -0.142. The molecule has 1 atom stereocenters. The van der Waals surface area contributed by atoms with Crippen molar-refractivity contribution >= 4 is 22.4 Å². The van der Waals surface area contributed by atoms with Crippen LogP contribution in [0.4, 0.5) is 5.13 Å². The molecule has 1 unspecified atom stereocenters. The van der Waals surface area contributed by atoms with E-state index in [0.717, 1.165) is 10.6 Å². The van der Waals surface area contributed by atoms with Crippen molar-refractivity contribution in [1.82, 2.24) is 9.88 Å². The fourth-order valence-electron chi connectivity index (χ4n) is 1.51. The third-order valence-electron chi connectivity index (χ3n) is 2.40. The number of hydrogen-bond acceptors (Lipinski definition) is 5. The average molecular weight is 213 g/mol. The molecule has 2 heterocycles. The molecule has 6 heteroatoms. The third-order valence-corrected chi connectivity index (χ3v) is 3.31. The van der Waals surface area contributed by atoms with Gasteiger partial charge in [0.15, 0.2) is 5.13 Å². The molecule has 0 aliphatic carbocycles. The smallest absolute Gasteiger partial charge is 0.320 e. The molecule has 0 saturated carbocycles. The molecule has 0 aromatic carbocycles. The number of hydrogen-bond donors (Lipinski definition) is 2. The summed E-state index contributed by atoms with van der Waals surface area (Å²) in [6, 6.07) is -0.461. The lowest BCUT2D eigenvalue weighted by Crippen LogP contribution is -2.34. The van der Waals surface area contributed by atoms with Crippen molar-refractivity contribution in [1.29, 1.82) is 0 Å². The predicted octanol–water partition coefficient (Wildman–Crippen LogP) is 0.514. The number of aromatic nitrogens is 1. The van der Waals surface area contributed by atoms with Crippen LogP contribution in [-0.2, 0) is 17.9 Å². The minimum absolute atomic E-state index is 0.461. The number of fused-ring (bicyclic) bond motifs is 1. The highest BCUT2D eigenvalue weighted by atomic mass is 32.1. The van der Waals surface area contributed by atoms with Gasteiger partial charge in [-0.25, -0.2) is 4.98 Å². The van der Waals surface area contributed by atoms with Gasteiger partial charge in [-0.3, -0.25) is 9.69 Å². The zero-order valence-corrected chi connectivity index (χ0v) is 8.54. The van der Waals surface area contributed by atoms with Gasteiger partial charge in [-0.05, 0) is 6.92 Å². The fourth-order valence-corrected chi connectivity index (χ4v) is 2.38. The SMILES string of the molecule is CC(C(=O)O)N1Cc2nc(N)sc2C1. The van der Waals surface area contributed by atoms with E-state index < -0.39 is 12.0 Å². The fraction of sp³-hybridized carbons (Fsp3) is 0.500. The zero-order chi connectivity index (χ0) is 10.3. The second-order valence-electron chi connectivity index (χ2n) is 3.34. The number of thiazole rings is 1. The number of carboxylic acid groups (broad SMARTS) is 1. The average Bonchev–Trinajstić information content (AvgIpc) is 2.59. The summed E-state index contributed by atoms with van der Waals surface area (Å²) < 4.78 is 0. The highest BCUT2D eigenvalue weighted by Gasteiger charge is 2.29. The quantitative estimate of drug-likeness (QED) is 0.748. The van der Waals surface area contributed by atoms with E-state index in [-0.39, 0.29) is 0 Å². The molecule has 0 saturated heterocycles. The van der Waals surface area contributed by atoms with Gasteiger partial charge in [0, 0.05) is 18.0 Å². The summed E-state index contributed by atoms with van der Waals surface area (Å²) in [5.41, 5.74) is 6.47. The number of anilines is 1. The van der Waals surface area contributed by atoms with E-state index in [2.05, 4.69) is 4.98 Å². The number of carboxylic acids is 1. The van der Waals surface area contributed by atoms with Gasteiger partial charge in [0.2, 0.25) is 0 Å². The molecule has 0 amide bonds. The maximum absolute atomic E-state index is 10.7. The summed E-state index contributed by atoms with van der Waals surface area (Å²) in [6.45, 7) is 2.93. The number of nitrogen functional groups attached to an aromatic ring is 1. The molecule has 0 spiro atoms. The van der Waals surface area contributed by atoms with Crippen LogP contribution < -0.4 is 5.73 Å². The van der Waals surface area contributed by atoms with Gasteiger partial charge in [-0.1, -0.05) is 0 Å². The number of nitrogens with two attached hydrogens (primary N) is 1. The van der Waals surface area contributed by atoms with Gasteiger partial charge >= 0.3 is 5.97 Å². The summed E-state index contributed by atoms with van der Waals surface area (Å²) in [5.74, 6) is -0.798. The number of aliphatic carboxylic acids is 1. The van der Waals surface area contributed by atoms with Crippen molar-refractivity contribution in [2.45, 2.75) is 26.1 Å². The van der Waals surface area contributed by atoms with Crippen LogP contribution in [0, 0.1) is 0 Å². The number of rotatable bonds is 2. The van der Waals surface area contributed by atoms with Crippen LogP contribution in [0.3, 0.4) is 0 Å². The van der Waals surface area contributed by atoms with Crippen LogP contribution in [0.5, 0.6) is 0 Å². The number of carbonyl (C=O) groups is 1. The summed E-state index contributed by atoms with van der Waals surface area (Å²) in [6.07, 6.45) is 0. The van der Waals surface area contributed by atoms with E-state index in [1.807, 2.05) is 4.90 Å². The van der Waals surface area contributed by atoms with E-state index in [0.29, 0.717) is 18.2 Å². The normalized spacial score (nSPS) is 18.1. The molecule has 3 N–H and O–H groups in total. The molecule has 5 nitrogen and oxygen atoms in total. The first-order valence-electron chi connectivity index (χ1n) is 4.29. The minimum Gasteiger partial charge on any atom is -0.480 e. The summed E-state index contributed by atoms with van der Waals surface area (Å²) >= 11 is 1.44. The molecule has 76 valence electrons. The first kappa shape index (κ1) is 9.42. The first-order chi connectivity index (χ1) is 6.58. The second-order valence-corrected chi connectivity index (χ2v) is 4.46. The summed E-state index contributed by atoms with van der Waals surface area (Å²) in [4.78, 5) is 17.9. The van der Waals surface area contributed by atoms with Crippen LogP contribution >= 0.6 is 11.3 Å². The van der Waals surface area contributed by atoms with E-state index in [4.69, 9.17) is 10.8 Å². The maximum atomic E-state index is 10.7. The Hall–Kier alpha value is -1.14. The highest BCUT2D eigenvalue weighted by Crippen LogP contribution is 2.30. The highest BCUT2D eigenvalue weighted by molar-refractivity contribution is 7.15. The zero-order valence-electron chi connectivity index (χ0n) is 7.73. The van der Waals surface area contributed by atoms with Crippen LogP contribution in [-0.4, -0.2) is 27.0 Å². The van der Waals surface area contributed by atoms with E-state index in [1.54, 1.807) is 6.92 Å². The van der Waals surface area contributed by atoms with Crippen LogP contribution in [0.2, 0.25) is 0 Å². The van der Waals surface area contributed by atoms with Crippen molar-refractivity contribution < 1.29 is 9.90 Å². The van der Waals surface area contributed by atoms with Gasteiger partial charge in [0.25, 0.3) is 0 Å². The van der Waals surface area contributed by atoms with Crippen LogP contribution in [0.1, 0.15) is 17.5 Å². The summed E-state index contributed by atoms with van der Waals surface area (Å²) in [7, 11) is 0. The molecule has 14 heavy (non-hydrogen) atoms. The van der Waals surface area contributed by atoms with Crippen molar-refractivity contribution in [3.63, 3.8) is 0 Å². The topological polar surface area (TPSA) is 79.5 Å². The minimum atomic E-state index is -0.798. The van der Waals surface area contributed by atoms with Crippen molar-refractivity contribution in [2.75, 3.05) is 5.73 Å². The summed E-state index contributed by atoms with van der Waals surface area (Å²) in [5, 5.41) is 9.40. The van der Waals surface area contributed by atoms with Crippen LogP contribution in [0.25, 0.3) is 0 Å². The first-order valence-corrected chi connectivity index (χ1v) is 5.10. The molecule has 1 aliphatic rings. The third kappa shape index (κ3) is 1.46. The Morgan fingerprint density at radius 3 is 3.00 bits per heavy atom. The van der Waals surface area contributed by atoms with E-state index >= 15 is 0 Å². The Labute approximate surface area is 85.2 Å². The lowest BCUT2D eigenvalue weighted by atomic mass is 10.3. The standard InChI is InChI=1S/C8H11N3O2S/c1-4(7(12)13)11-2-5-6(3-11)14-8(9)10-5/h4H,2-3H2,1H3,(H2,9,10)(H,12,13). The predicted molar refractivity (Wildman–Crippen MR) is 52.9 cm³/mol. The van der Waals surface area contributed by atoms with Gasteiger partial charge in [-0.2, -0.15) is 0 Å². The van der Waals surface area contributed by atoms with E-state index in [1.165, 1.54) is 11.3 Å². The molecule has 1 aromatic heterocycles. The molecular formula is C8H11N3O2S. The molecule has 0 bridgehead atoms. The molecule has 0 radical (unpaired) electrons. The monoisotopic (exact) mass is 213 g/mol. The molecule has 1 aromatic rings. The molecular weight excluding hydrogens is 202 g/mol. The second kappa shape index (κ2) is 3.21. The largest absolute Gasteiger partial charge is 0.480 e. The Morgan fingerprint density at radius 2 is 2.43 bits per heavy atom. The molecule has 2 rings (SSSR count). The molecule has 0 fully saturated rings. The van der Waals surface area contributed by atoms with Crippen molar-refractivity contribution in [3.05, 3.63) is 10.6 Å². The van der Waals surface area contributed by atoms with Crippen LogP contribution in [0.15, 0.2) is 0 Å². The molecule has 1 aliphatic heterocycles. The number of nitrogens with zero attached hydrogens (tertiary/aromatic N) is 2. The van der Waals surface area contributed by atoms with Gasteiger partial charge < -0.3 is 10.8 Å². The Bertz CT molecular complexity index is 353. The van der Waals surface area contributed by atoms with Gasteiger partial charge in [0.05, 0.1) is 5.69 Å². The maximum Gasteiger partial charge on any atom is 0.320 e. The lowest BCUT2D eigenvalue weighted by Gasteiger charge is -2.19. The van der Waals surface area contributed by atoms with Gasteiger partial charge in [-0.15, -0.1) is 11.3 Å². The Kier molecular flexibility index (Phi) is 2.16.